The zero-order chi connectivity index (χ0) is 20.1. The van der Waals surface area contributed by atoms with Crippen LogP contribution in [0.3, 0.4) is 0 Å². The van der Waals surface area contributed by atoms with Crippen LogP contribution in [-0.4, -0.2) is 26.2 Å². The van der Waals surface area contributed by atoms with Crippen LogP contribution in [0, 0.1) is 0 Å². The zero-order valence-electron chi connectivity index (χ0n) is 17.3. The van der Waals surface area contributed by atoms with E-state index in [4.69, 9.17) is 19.2 Å². The first-order valence-corrected chi connectivity index (χ1v) is 10.6. The van der Waals surface area contributed by atoms with Crippen molar-refractivity contribution in [3.05, 3.63) is 59.2 Å². The summed E-state index contributed by atoms with van der Waals surface area (Å²) in [7, 11) is 1.68. The minimum atomic E-state index is 0.299. The Morgan fingerprint density at radius 1 is 1.03 bits per heavy atom. The molecule has 0 saturated heterocycles. The van der Waals surface area contributed by atoms with E-state index >= 15 is 0 Å². The van der Waals surface area contributed by atoms with Gasteiger partial charge in [0, 0.05) is 18.0 Å². The van der Waals surface area contributed by atoms with E-state index in [0.29, 0.717) is 12.7 Å². The maximum Gasteiger partial charge on any atom is 0.231 e. The second kappa shape index (κ2) is 9.17. The van der Waals surface area contributed by atoms with Gasteiger partial charge in [0.1, 0.15) is 5.75 Å². The molecule has 152 valence electrons. The van der Waals surface area contributed by atoms with Gasteiger partial charge in [-0.05, 0) is 47.9 Å². The first-order valence-electron chi connectivity index (χ1n) is 10.6. The number of methoxy groups -OCH3 is 1. The molecule has 0 bridgehead atoms. The molecule has 4 nitrogen and oxygen atoms in total. The number of allylic oxidation sites excluding steroid dienone is 1. The van der Waals surface area contributed by atoms with Crippen molar-refractivity contribution in [3.63, 3.8) is 0 Å². The van der Waals surface area contributed by atoms with Crippen LogP contribution in [0.2, 0.25) is 0 Å². The van der Waals surface area contributed by atoms with Crippen molar-refractivity contribution in [2.75, 3.05) is 20.4 Å². The number of aliphatic imine (C=N–C) groups is 1. The van der Waals surface area contributed by atoms with Crippen LogP contribution in [0.15, 0.2) is 47.5 Å². The van der Waals surface area contributed by atoms with Gasteiger partial charge >= 0.3 is 0 Å². The summed E-state index contributed by atoms with van der Waals surface area (Å²) in [5, 5.41) is 0. The van der Waals surface area contributed by atoms with Gasteiger partial charge in [-0.2, -0.15) is 0 Å². The maximum absolute atomic E-state index is 5.65. The van der Waals surface area contributed by atoms with E-state index in [-0.39, 0.29) is 0 Å². The molecule has 0 aliphatic carbocycles. The summed E-state index contributed by atoms with van der Waals surface area (Å²) in [6, 6.07) is 12.3. The van der Waals surface area contributed by atoms with E-state index in [2.05, 4.69) is 43.3 Å². The highest BCUT2D eigenvalue weighted by Crippen LogP contribution is 2.40. The van der Waals surface area contributed by atoms with Crippen LogP contribution >= 0.6 is 0 Å². The SMILES string of the molecule is CCCCCCC1CN=C(C=Cc2ccc(OC)cc2)c2cc3c(cc21)OCO3. The van der Waals surface area contributed by atoms with Crippen molar-refractivity contribution >= 4 is 11.8 Å². The number of unbranched alkanes of at least 4 members (excludes halogenated alkanes) is 3. The van der Waals surface area contributed by atoms with Crippen LogP contribution in [0.1, 0.15) is 61.6 Å². The third-order valence-corrected chi connectivity index (χ3v) is 5.70. The fraction of sp³-hybridized carbons (Fsp3) is 0.400. The number of ether oxygens (including phenoxy) is 3. The van der Waals surface area contributed by atoms with E-state index in [1.54, 1.807) is 7.11 Å². The summed E-state index contributed by atoms with van der Waals surface area (Å²) >= 11 is 0. The molecular formula is C25H29NO3. The molecule has 0 saturated carbocycles. The summed E-state index contributed by atoms with van der Waals surface area (Å²) < 4.78 is 16.5. The van der Waals surface area contributed by atoms with E-state index in [1.165, 1.54) is 43.2 Å². The Morgan fingerprint density at radius 3 is 2.59 bits per heavy atom. The lowest BCUT2D eigenvalue weighted by molar-refractivity contribution is 0.174. The first kappa shape index (κ1) is 19.6. The molecule has 2 aliphatic heterocycles. The zero-order valence-corrected chi connectivity index (χ0v) is 17.3. The molecule has 0 aromatic heterocycles. The second-order valence-corrected chi connectivity index (χ2v) is 7.67. The largest absolute Gasteiger partial charge is 0.497 e. The fourth-order valence-electron chi connectivity index (χ4n) is 4.01. The monoisotopic (exact) mass is 391 g/mol. The maximum atomic E-state index is 5.65. The Labute approximate surface area is 173 Å². The average molecular weight is 392 g/mol. The molecule has 0 radical (unpaired) electrons. The highest BCUT2D eigenvalue weighted by molar-refractivity contribution is 6.12. The summed E-state index contributed by atoms with van der Waals surface area (Å²) in [6.45, 7) is 3.39. The van der Waals surface area contributed by atoms with Crippen molar-refractivity contribution in [2.45, 2.75) is 44.9 Å². The Balaban J connectivity index is 1.57. The molecule has 4 heteroatoms. The Hall–Kier alpha value is -2.75. The Morgan fingerprint density at radius 2 is 1.83 bits per heavy atom. The molecule has 4 rings (SSSR count). The summed E-state index contributed by atoms with van der Waals surface area (Å²) in [6.07, 6.45) is 10.5. The topological polar surface area (TPSA) is 40.0 Å². The van der Waals surface area contributed by atoms with Gasteiger partial charge in [-0.25, -0.2) is 0 Å². The van der Waals surface area contributed by atoms with Crippen molar-refractivity contribution in [1.29, 1.82) is 0 Å². The van der Waals surface area contributed by atoms with Gasteiger partial charge in [-0.3, -0.25) is 4.99 Å². The number of rotatable bonds is 8. The number of benzene rings is 2. The Bertz CT molecular complexity index is 899. The number of hydrogen-bond acceptors (Lipinski definition) is 4. The molecule has 0 spiro atoms. The van der Waals surface area contributed by atoms with Crippen LogP contribution in [0.5, 0.6) is 17.2 Å². The lowest BCUT2D eigenvalue weighted by Crippen LogP contribution is -2.16. The third kappa shape index (κ3) is 4.47. The molecule has 29 heavy (non-hydrogen) atoms. The van der Waals surface area contributed by atoms with Crippen molar-refractivity contribution in [2.24, 2.45) is 4.99 Å². The van der Waals surface area contributed by atoms with Crippen molar-refractivity contribution < 1.29 is 14.2 Å². The molecule has 0 amide bonds. The van der Waals surface area contributed by atoms with Crippen LogP contribution in [0.25, 0.3) is 6.08 Å². The summed E-state index contributed by atoms with van der Waals surface area (Å²) in [4.78, 5) is 4.93. The van der Waals surface area contributed by atoms with E-state index in [9.17, 15) is 0 Å². The summed E-state index contributed by atoms with van der Waals surface area (Å²) in [5.74, 6) is 3.00. The first-order chi connectivity index (χ1) is 14.3. The van der Waals surface area contributed by atoms with E-state index < -0.39 is 0 Å². The molecule has 2 aromatic carbocycles. The normalized spacial score (nSPS) is 17.3. The van der Waals surface area contributed by atoms with E-state index in [1.807, 2.05) is 12.1 Å². The highest BCUT2D eigenvalue weighted by atomic mass is 16.7. The average Bonchev–Trinajstić information content (AvgIpc) is 3.22. The van der Waals surface area contributed by atoms with Crippen LogP contribution < -0.4 is 14.2 Å². The standard InChI is InChI=1S/C25H29NO3/c1-3-4-5-6-7-19-16-26-23(13-10-18-8-11-20(27-2)12-9-18)22-15-25-24(14-21(19)22)28-17-29-25/h8-15,19H,3-7,16-17H2,1-2H3. The fourth-order valence-corrected chi connectivity index (χ4v) is 4.01. The van der Waals surface area contributed by atoms with Crippen molar-refractivity contribution in [1.82, 2.24) is 0 Å². The molecule has 0 N–H and O–H groups in total. The third-order valence-electron chi connectivity index (χ3n) is 5.70. The highest BCUT2D eigenvalue weighted by Gasteiger charge is 2.26. The van der Waals surface area contributed by atoms with Crippen LogP contribution in [0.4, 0.5) is 0 Å². The number of nitrogens with zero attached hydrogens (tertiary/aromatic N) is 1. The minimum Gasteiger partial charge on any atom is -0.497 e. The van der Waals surface area contributed by atoms with Gasteiger partial charge < -0.3 is 14.2 Å². The predicted octanol–water partition coefficient (Wildman–Crippen LogP) is 5.99. The van der Waals surface area contributed by atoms with Gasteiger partial charge in [-0.15, -0.1) is 0 Å². The molecule has 2 aromatic rings. The smallest absolute Gasteiger partial charge is 0.231 e. The molecular weight excluding hydrogens is 362 g/mol. The van der Waals surface area contributed by atoms with Gasteiger partial charge in [0.25, 0.3) is 0 Å². The molecule has 2 heterocycles. The Kier molecular flexibility index (Phi) is 6.18. The molecule has 1 unspecified atom stereocenters. The molecule has 2 aliphatic rings. The predicted molar refractivity (Wildman–Crippen MR) is 117 cm³/mol. The second-order valence-electron chi connectivity index (χ2n) is 7.67. The molecule has 0 fully saturated rings. The molecule has 1 atom stereocenters. The number of hydrogen-bond donors (Lipinski definition) is 0. The van der Waals surface area contributed by atoms with E-state index in [0.717, 1.165) is 35.1 Å². The van der Waals surface area contributed by atoms with Crippen molar-refractivity contribution in [3.8, 4) is 17.2 Å². The van der Waals surface area contributed by atoms with Crippen LogP contribution in [-0.2, 0) is 0 Å². The summed E-state index contributed by atoms with van der Waals surface area (Å²) in [5.41, 5.74) is 4.65. The van der Waals surface area contributed by atoms with Gasteiger partial charge in [-0.1, -0.05) is 50.8 Å². The minimum absolute atomic E-state index is 0.299. The lowest BCUT2D eigenvalue weighted by atomic mass is 9.85. The number of fused-ring (bicyclic) bond motifs is 2. The van der Waals surface area contributed by atoms with Gasteiger partial charge in [0.2, 0.25) is 6.79 Å². The van der Waals surface area contributed by atoms with Gasteiger partial charge in [0.05, 0.1) is 12.8 Å². The quantitative estimate of drug-likeness (QED) is 0.519. The van der Waals surface area contributed by atoms with Gasteiger partial charge in [0.15, 0.2) is 11.5 Å². The lowest BCUT2D eigenvalue weighted by Gasteiger charge is -2.24.